The number of nitrogens with zero attached hydrogens (tertiary/aromatic N) is 3. The van der Waals surface area contributed by atoms with E-state index >= 15 is 0 Å². The average molecular weight is 269 g/mol. The van der Waals surface area contributed by atoms with Gasteiger partial charge in [-0.25, -0.2) is 9.97 Å². The predicted octanol–water partition coefficient (Wildman–Crippen LogP) is 2.66. The van der Waals surface area contributed by atoms with Crippen molar-refractivity contribution >= 4 is 29.1 Å². The second kappa shape index (κ2) is 7.13. The van der Waals surface area contributed by atoms with Crippen molar-refractivity contribution in [3.05, 3.63) is 30.6 Å². The molecule has 0 bridgehead atoms. The van der Waals surface area contributed by atoms with Gasteiger partial charge in [0.05, 0.1) is 5.52 Å². The molecule has 0 aliphatic heterocycles. The lowest BCUT2D eigenvalue weighted by Crippen LogP contribution is -2.16. The van der Waals surface area contributed by atoms with Crippen LogP contribution in [0, 0.1) is 0 Å². The molecule has 0 amide bonds. The summed E-state index contributed by atoms with van der Waals surface area (Å²) in [5.74, 6) is 0.925. The minimum Gasteiger partial charge on any atom is -0.369 e. The minimum atomic E-state index is 0. The molecule has 1 aromatic carbocycles. The van der Waals surface area contributed by atoms with Crippen LogP contribution in [0.3, 0.4) is 0 Å². The highest BCUT2D eigenvalue weighted by Gasteiger charge is 2.01. The first-order valence-electron chi connectivity index (χ1n) is 5.86. The number of halogens is 1. The molecule has 0 atom stereocenters. The third kappa shape index (κ3) is 3.82. The summed E-state index contributed by atoms with van der Waals surface area (Å²) < 4.78 is 0. The van der Waals surface area contributed by atoms with Gasteiger partial charge in [0.25, 0.3) is 0 Å². The van der Waals surface area contributed by atoms with Crippen molar-refractivity contribution < 1.29 is 1.43 Å². The normalized spacial score (nSPS) is 10.4. The lowest BCUT2D eigenvalue weighted by Gasteiger charge is -2.11. The van der Waals surface area contributed by atoms with E-state index in [0.717, 1.165) is 36.2 Å². The van der Waals surface area contributed by atoms with Gasteiger partial charge in [-0.3, -0.25) is 0 Å². The largest absolute Gasteiger partial charge is 0.369 e. The average Bonchev–Trinajstić information content (AvgIpc) is 2.34. The molecule has 2 aromatic rings. The number of aromatic nitrogens is 2. The predicted molar refractivity (Wildman–Crippen MR) is 80.6 cm³/mol. The number of hydrogen-bond donors (Lipinski definition) is 1. The molecule has 0 unspecified atom stereocenters. The molecule has 0 saturated heterocycles. The van der Waals surface area contributed by atoms with Gasteiger partial charge in [0.1, 0.15) is 12.1 Å². The third-order valence-corrected chi connectivity index (χ3v) is 2.62. The molecule has 1 heterocycles. The molecule has 0 radical (unpaired) electrons. The van der Waals surface area contributed by atoms with E-state index in [1.54, 1.807) is 6.33 Å². The topological polar surface area (TPSA) is 41.0 Å². The van der Waals surface area contributed by atoms with Gasteiger partial charge >= 0.3 is 0 Å². The molecular formula is C13H21ClN4. The summed E-state index contributed by atoms with van der Waals surface area (Å²) in [4.78, 5) is 10.7. The molecule has 0 aliphatic rings. The van der Waals surface area contributed by atoms with Crippen LogP contribution in [0.1, 0.15) is 7.85 Å². The van der Waals surface area contributed by atoms with Crippen molar-refractivity contribution in [2.45, 2.75) is 6.42 Å². The van der Waals surface area contributed by atoms with Crippen LogP contribution < -0.4 is 5.32 Å². The second-order valence-electron chi connectivity index (χ2n) is 4.32. The summed E-state index contributed by atoms with van der Waals surface area (Å²) in [7, 11) is 4.17. The number of rotatable bonds is 5. The maximum Gasteiger partial charge on any atom is 0.137 e. The first kappa shape index (κ1) is 14.7. The van der Waals surface area contributed by atoms with E-state index in [-0.39, 0.29) is 13.8 Å². The van der Waals surface area contributed by atoms with E-state index in [1.165, 1.54) is 0 Å². The molecule has 0 fully saturated rings. The van der Waals surface area contributed by atoms with E-state index in [9.17, 15) is 0 Å². The molecule has 4 nitrogen and oxygen atoms in total. The number of para-hydroxylation sites is 1. The van der Waals surface area contributed by atoms with Crippen LogP contribution >= 0.6 is 12.4 Å². The van der Waals surface area contributed by atoms with E-state index in [2.05, 4.69) is 34.3 Å². The Bertz CT molecular complexity index is 488. The fourth-order valence-electron chi connectivity index (χ4n) is 1.75. The van der Waals surface area contributed by atoms with Crippen LogP contribution in [-0.2, 0) is 0 Å². The van der Waals surface area contributed by atoms with Gasteiger partial charge in [-0.15, -0.1) is 12.4 Å². The Morgan fingerprint density at radius 3 is 2.78 bits per heavy atom. The van der Waals surface area contributed by atoms with Crippen LogP contribution in [0.25, 0.3) is 10.9 Å². The van der Waals surface area contributed by atoms with E-state index in [0.29, 0.717) is 0 Å². The van der Waals surface area contributed by atoms with Gasteiger partial charge in [0.2, 0.25) is 0 Å². The number of nitrogens with one attached hydrogen (secondary N) is 1. The molecule has 0 spiro atoms. The van der Waals surface area contributed by atoms with Crippen LogP contribution in [0.2, 0.25) is 0 Å². The maximum atomic E-state index is 4.29. The van der Waals surface area contributed by atoms with Crippen molar-refractivity contribution in [1.82, 2.24) is 14.9 Å². The van der Waals surface area contributed by atoms with Crippen molar-refractivity contribution in [2.75, 3.05) is 32.5 Å². The number of hydrogen-bond acceptors (Lipinski definition) is 4. The molecule has 100 valence electrons. The van der Waals surface area contributed by atoms with Crippen molar-refractivity contribution in [2.24, 2.45) is 0 Å². The Balaban J connectivity index is 0.00000162. The molecule has 5 heteroatoms. The Kier molecular flexibility index (Phi) is 5.82. The molecule has 1 aromatic heterocycles. The first-order valence-corrected chi connectivity index (χ1v) is 5.86. The van der Waals surface area contributed by atoms with Gasteiger partial charge in [0.15, 0.2) is 0 Å². The highest BCUT2D eigenvalue weighted by Crippen LogP contribution is 2.17. The number of fused-ring (bicyclic) bond motifs is 1. The standard InChI is InChI=1S/C13H18N4.ClH.H2/c1-17(2)9-5-8-14-13-11-6-3-4-7-12(11)15-10-16-13;;/h3-4,6-7,10H,5,8-9H2,1-2H3,(H,14,15,16);2*1H. The summed E-state index contributed by atoms with van der Waals surface area (Å²) in [5.41, 5.74) is 0.984. The quantitative estimate of drug-likeness (QED) is 0.847. The van der Waals surface area contributed by atoms with Gasteiger partial charge in [-0.05, 0) is 39.2 Å². The summed E-state index contributed by atoms with van der Waals surface area (Å²) >= 11 is 0. The maximum absolute atomic E-state index is 4.29. The Morgan fingerprint density at radius 2 is 2.00 bits per heavy atom. The fourth-order valence-corrected chi connectivity index (χ4v) is 1.75. The molecular weight excluding hydrogens is 248 g/mol. The molecule has 18 heavy (non-hydrogen) atoms. The van der Waals surface area contributed by atoms with Crippen LogP contribution in [-0.4, -0.2) is 42.1 Å². The third-order valence-electron chi connectivity index (χ3n) is 2.62. The second-order valence-corrected chi connectivity index (χ2v) is 4.32. The zero-order valence-corrected chi connectivity index (χ0v) is 11.6. The Labute approximate surface area is 115 Å². The van der Waals surface area contributed by atoms with E-state index < -0.39 is 0 Å². The lowest BCUT2D eigenvalue weighted by atomic mass is 10.2. The highest BCUT2D eigenvalue weighted by atomic mass is 35.5. The zero-order chi connectivity index (χ0) is 12.1. The van der Waals surface area contributed by atoms with Crippen LogP contribution in [0.4, 0.5) is 5.82 Å². The van der Waals surface area contributed by atoms with Gasteiger partial charge in [-0.2, -0.15) is 0 Å². The Hall–Kier alpha value is -1.39. The van der Waals surface area contributed by atoms with Gasteiger partial charge in [0, 0.05) is 13.4 Å². The van der Waals surface area contributed by atoms with Crippen molar-refractivity contribution in [3.8, 4) is 0 Å². The van der Waals surface area contributed by atoms with Gasteiger partial charge < -0.3 is 10.2 Å². The van der Waals surface area contributed by atoms with Crippen molar-refractivity contribution in [3.63, 3.8) is 0 Å². The first-order chi connectivity index (χ1) is 8.27. The van der Waals surface area contributed by atoms with Gasteiger partial charge in [-0.1, -0.05) is 12.1 Å². The minimum absolute atomic E-state index is 0. The van der Waals surface area contributed by atoms with E-state index in [4.69, 9.17) is 0 Å². The van der Waals surface area contributed by atoms with E-state index in [1.807, 2.05) is 24.3 Å². The van der Waals surface area contributed by atoms with Crippen molar-refractivity contribution in [1.29, 1.82) is 0 Å². The number of benzene rings is 1. The molecule has 0 saturated carbocycles. The Morgan fingerprint density at radius 1 is 1.22 bits per heavy atom. The summed E-state index contributed by atoms with van der Waals surface area (Å²) in [6.45, 7) is 2.01. The summed E-state index contributed by atoms with van der Waals surface area (Å²) in [5, 5.41) is 4.45. The monoisotopic (exact) mass is 268 g/mol. The molecule has 0 aliphatic carbocycles. The zero-order valence-electron chi connectivity index (χ0n) is 10.8. The fraction of sp³-hybridized carbons (Fsp3) is 0.385. The SMILES string of the molecule is CN(C)CCCNc1ncnc2ccccc12.Cl.[HH]. The lowest BCUT2D eigenvalue weighted by molar-refractivity contribution is 0.405. The number of anilines is 1. The highest BCUT2D eigenvalue weighted by molar-refractivity contribution is 5.88. The molecule has 1 N–H and O–H groups in total. The molecule has 2 rings (SSSR count). The van der Waals surface area contributed by atoms with Crippen LogP contribution in [0.5, 0.6) is 0 Å². The van der Waals surface area contributed by atoms with Crippen LogP contribution in [0.15, 0.2) is 30.6 Å². The summed E-state index contributed by atoms with van der Waals surface area (Å²) in [6.07, 6.45) is 2.71. The smallest absolute Gasteiger partial charge is 0.137 e. The summed E-state index contributed by atoms with van der Waals surface area (Å²) in [6, 6.07) is 8.05.